The number of hydrogen-bond acceptors (Lipinski definition) is 4. The third-order valence-electron chi connectivity index (χ3n) is 6.32. The van der Waals surface area contributed by atoms with Crippen LogP contribution in [0.3, 0.4) is 0 Å². The first-order valence-electron chi connectivity index (χ1n) is 11.0. The van der Waals surface area contributed by atoms with E-state index < -0.39 is 47.6 Å². The minimum Gasteiger partial charge on any atom is -0.489 e. The van der Waals surface area contributed by atoms with Gasteiger partial charge in [0, 0.05) is 5.56 Å². The number of halogens is 2. The lowest BCUT2D eigenvalue weighted by Crippen LogP contribution is -2.48. The Morgan fingerprint density at radius 1 is 1.06 bits per heavy atom. The van der Waals surface area contributed by atoms with Crippen LogP contribution in [0.1, 0.15) is 24.1 Å². The van der Waals surface area contributed by atoms with Crippen molar-refractivity contribution in [2.24, 2.45) is 0 Å². The fraction of sp³-hybridized carbons (Fsp3) is 0.192. The van der Waals surface area contributed by atoms with Gasteiger partial charge < -0.3 is 10.1 Å². The van der Waals surface area contributed by atoms with Crippen LogP contribution in [0, 0.1) is 11.6 Å². The second kappa shape index (κ2) is 8.50. The number of ether oxygens (including phenoxy) is 1. The second-order valence-corrected chi connectivity index (χ2v) is 8.54. The van der Waals surface area contributed by atoms with Crippen LogP contribution in [-0.4, -0.2) is 35.9 Å². The maximum Gasteiger partial charge on any atom is 0.325 e. The molecule has 9 heteroatoms. The predicted octanol–water partition coefficient (Wildman–Crippen LogP) is 3.90. The Labute approximate surface area is 199 Å². The van der Waals surface area contributed by atoms with Crippen molar-refractivity contribution in [2.45, 2.75) is 18.5 Å². The molecule has 1 N–H and O–H groups in total. The summed E-state index contributed by atoms with van der Waals surface area (Å²) in [5, 5.41) is 2.42. The summed E-state index contributed by atoms with van der Waals surface area (Å²) in [6, 6.07) is 17.6. The number of carbonyl (C=O) groups excluding carboxylic acids is 3. The van der Waals surface area contributed by atoms with E-state index in [1.165, 1.54) is 11.8 Å². The smallest absolute Gasteiger partial charge is 0.325 e. The van der Waals surface area contributed by atoms with Gasteiger partial charge in [0.05, 0.1) is 11.7 Å². The second-order valence-electron chi connectivity index (χ2n) is 8.54. The van der Waals surface area contributed by atoms with Crippen molar-refractivity contribution >= 4 is 23.5 Å². The van der Waals surface area contributed by atoms with Crippen LogP contribution in [0.5, 0.6) is 5.75 Å². The number of hydrogen-bond donors (Lipinski definition) is 1. The molecule has 7 nitrogen and oxygen atoms in total. The highest BCUT2D eigenvalue weighted by atomic mass is 19.1. The number of anilines is 1. The molecule has 3 aromatic rings. The van der Waals surface area contributed by atoms with Gasteiger partial charge in [0.2, 0.25) is 5.91 Å². The largest absolute Gasteiger partial charge is 0.489 e. The first-order valence-corrected chi connectivity index (χ1v) is 11.0. The Bertz CT molecular complexity index is 1330. The van der Waals surface area contributed by atoms with Gasteiger partial charge in [-0.1, -0.05) is 42.5 Å². The number of para-hydroxylation sites is 2. The van der Waals surface area contributed by atoms with Crippen molar-refractivity contribution in [3.05, 3.63) is 95.6 Å². The molecule has 0 saturated carbocycles. The van der Waals surface area contributed by atoms with E-state index in [4.69, 9.17) is 4.74 Å². The molecular formula is C26H21F2N3O4. The minimum atomic E-state index is -1.86. The maximum atomic E-state index is 14.5. The van der Waals surface area contributed by atoms with Gasteiger partial charge in [-0.3, -0.25) is 19.4 Å². The summed E-state index contributed by atoms with van der Waals surface area (Å²) < 4.78 is 34.2. The molecule has 0 unspecified atom stereocenters. The van der Waals surface area contributed by atoms with Crippen LogP contribution in [0.2, 0.25) is 0 Å². The summed E-state index contributed by atoms with van der Waals surface area (Å²) in [4.78, 5) is 41.9. The van der Waals surface area contributed by atoms with Gasteiger partial charge in [-0.15, -0.1) is 0 Å². The molecule has 0 bridgehead atoms. The van der Waals surface area contributed by atoms with Crippen LogP contribution in [-0.2, 0) is 15.1 Å². The van der Waals surface area contributed by atoms with E-state index in [0.29, 0.717) is 11.4 Å². The van der Waals surface area contributed by atoms with Gasteiger partial charge in [-0.05, 0) is 42.8 Å². The van der Waals surface area contributed by atoms with Crippen molar-refractivity contribution in [2.75, 3.05) is 18.1 Å². The lowest BCUT2D eigenvalue weighted by Gasteiger charge is -2.37. The zero-order valence-corrected chi connectivity index (χ0v) is 18.7. The highest BCUT2D eigenvalue weighted by Crippen LogP contribution is 2.40. The third-order valence-corrected chi connectivity index (χ3v) is 6.32. The van der Waals surface area contributed by atoms with E-state index in [9.17, 15) is 23.2 Å². The summed E-state index contributed by atoms with van der Waals surface area (Å²) in [7, 11) is 0. The number of benzene rings is 3. The number of carbonyl (C=O) groups is 3. The van der Waals surface area contributed by atoms with E-state index >= 15 is 0 Å². The predicted molar refractivity (Wildman–Crippen MR) is 123 cm³/mol. The molecule has 5 rings (SSSR count). The molecule has 2 atom stereocenters. The summed E-state index contributed by atoms with van der Waals surface area (Å²) in [5.41, 5.74) is -0.849. The Morgan fingerprint density at radius 2 is 1.77 bits per heavy atom. The summed E-state index contributed by atoms with van der Waals surface area (Å²) >= 11 is 0. The number of fused-ring (bicyclic) bond motifs is 1. The van der Waals surface area contributed by atoms with Gasteiger partial charge in [-0.2, -0.15) is 0 Å². The van der Waals surface area contributed by atoms with Crippen molar-refractivity contribution in [1.82, 2.24) is 10.2 Å². The topological polar surface area (TPSA) is 79.0 Å². The Balaban J connectivity index is 1.47. The molecule has 1 fully saturated rings. The molecule has 2 heterocycles. The quantitative estimate of drug-likeness (QED) is 0.579. The molecule has 2 aliphatic rings. The van der Waals surface area contributed by atoms with Gasteiger partial charge in [-0.25, -0.2) is 13.6 Å². The Hall–Kier alpha value is -4.27. The first-order chi connectivity index (χ1) is 16.8. The fourth-order valence-corrected chi connectivity index (χ4v) is 4.53. The third kappa shape index (κ3) is 3.78. The summed E-state index contributed by atoms with van der Waals surface area (Å²) in [6.07, 6.45) is 0. The number of nitrogens with zero attached hydrogens (tertiary/aromatic N) is 2. The number of nitrogens with one attached hydrogen (secondary N) is 1. The standard InChI is InChI=1S/C26H21F2N3O4/c1-26(18-13-17(27)11-12-19(18)28)24(33)30(25(34)29-26)14-23(32)31-20-9-5-6-10-22(20)35-15-21(31)16-7-3-2-4-8-16/h2-13,21H,14-15H2,1H3,(H,29,34)/t21-,26+/m1/s1. The lowest BCUT2D eigenvalue weighted by atomic mass is 9.91. The van der Waals surface area contributed by atoms with Gasteiger partial charge in [0.1, 0.15) is 36.1 Å². The molecule has 2 aliphatic heterocycles. The number of urea groups is 1. The normalized spacial score (nSPS) is 21.4. The maximum absolute atomic E-state index is 14.5. The fourth-order valence-electron chi connectivity index (χ4n) is 4.53. The average molecular weight is 477 g/mol. The Kier molecular flexibility index (Phi) is 5.47. The van der Waals surface area contributed by atoms with E-state index in [0.717, 1.165) is 28.7 Å². The average Bonchev–Trinajstić information content (AvgIpc) is 3.08. The van der Waals surface area contributed by atoms with Crippen molar-refractivity contribution < 1.29 is 27.9 Å². The number of amides is 4. The molecule has 0 aromatic heterocycles. The van der Waals surface area contributed by atoms with Crippen molar-refractivity contribution in [1.29, 1.82) is 0 Å². The summed E-state index contributed by atoms with van der Waals surface area (Å²) in [6.45, 7) is 0.875. The van der Waals surface area contributed by atoms with Crippen LogP contribution in [0.4, 0.5) is 19.3 Å². The van der Waals surface area contributed by atoms with Crippen LogP contribution < -0.4 is 15.0 Å². The van der Waals surface area contributed by atoms with Crippen molar-refractivity contribution in [3.8, 4) is 5.75 Å². The highest BCUT2D eigenvalue weighted by Gasteiger charge is 2.51. The van der Waals surface area contributed by atoms with Crippen LogP contribution in [0.25, 0.3) is 0 Å². The SMILES string of the molecule is C[C@@]1(c2cc(F)ccc2F)NC(=O)N(CC(=O)N2c3ccccc3OC[C@@H]2c2ccccc2)C1=O. The zero-order chi connectivity index (χ0) is 24.7. The highest BCUT2D eigenvalue weighted by molar-refractivity contribution is 6.11. The van der Waals surface area contributed by atoms with Crippen LogP contribution >= 0.6 is 0 Å². The van der Waals surface area contributed by atoms with E-state index in [1.807, 2.05) is 30.3 Å². The van der Waals surface area contributed by atoms with Gasteiger partial charge in [0.15, 0.2) is 0 Å². The zero-order valence-electron chi connectivity index (χ0n) is 18.7. The first kappa shape index (κ1) is 22.5. The molecule has 0 radical (unpaired) electrons. The van der Waals surface area contributed by atoms with E-state index in [-0.39, 0.29) is 12.2 Å². The van der Waals surface area contributed by atoms with Crippen molar-refractivity contribution in [3.63, 3.8) is 0 Å². The molecule has 178 valence electrons. The monoisotopic (exact) mass is 477 g/mol. The molecule has 1 saturated heterocycles. The van der Waals surface area contributed by atoms with E-state index in [1.54, 1.807) is 24.3 Å². The molecule has 0 spiro atoms. The number of imide groups is 1. The lowest BCUT2D eigenvalue weighted by molar-refractivity contribution is -0.134. The molecule has 4 amide bonds. The number of rotatable bonds is 4. The van der Waals surface area contributed by atoms with Gasteiger partial charge >= 0.3 is 6.03 Å². The molecule has 35 heavy (non-hydrogen) atoms. The molecule has 0 aliphatic carbocycles. The Morgan fingerprint density at radius 3 is 2.54 bits per heavy atom. The molecular weight excluding hydrogens is 456 g/mol. The summed E-state index contributed by atoms with van der Waals surface area (Å²) in [5.74, 6) is -2.48. The van der Waals surface area contributed by atoms with Gasteiger partial charge in [0.25, 0.3) is 5.91 Å². The minimum absolute atomic E-state index is 0.180. The van der Waals surface area contributed by atoms with E-state index in [2.05, 4.69) is 5.32 Å². The molecule has 3 aromatic carbocycles. The van der Waals surface area contributed by atoms with Crippen LogP contribution in [0.15, 0.2) is 72.8 Å².